The normalized spacial score (nSPS) is 10.6. The molecule has 3 heteroatoms. The molecule has 0 aliphatic heterocycles. The highest BCUT2D eigenvalue weighted by molar-refractivity contribution is 7.08. The van der Waals surface area contributed by atoms with E-state index < -0.39 is 0 Å². The van der Waals surface area contributed by atoms with Crippen LogP contribution in [0.3, 0.4) is 0 Å². The number of carbonyl (C=O) groups is 1. The van der Waals surface area contributed by atoms with E-state index in [1.165, 1.54) is 11.3 Å². The van der Waals surface area contributed by atoms with Gasteiger partial charge in [-0.1, -0.05) is 18.2 Å². The highest BCUT2D eigenvalue weighted by Crippen LogP contribution is 2.20. The van der Waals surface area contributed by atoms with Crippen molar-refractivity contribution in [1.29, 1.82) is 0 Å². The van der Waals surface area contributed by atoms with E-state index in [1.54, 1.807) is 6.20 Å². The summed E-state index contributed by atoms with van der Waals surface area (Å²) in [5, 5.41) is 4.77. The van der Waals surface area contributed by atoms with Gasteiger partial charge in [0.05, 0.1) is 5.52 Å². The molecule has 0 unspecified atom stereocenters. The molecule has 2 nitrogen and oxygen atoms in total. The summed E-state index contributed by atoms with van der Waals surface area (Å²) < 4.78 is 0. The van der Waals surface area contributed by atoms with Crippen molar-refractivity contribution in [3.8, 4) is 0 Å². The Morgan fingerprint density at radius 2 is 2.00 bits per heavy atom. The third-order valence-electron chi connectivity index (χ3n) is 2.66. The zero-order valence-corrected chi connectivity index (χ0v) is 9.78. The average molecular weight is 239 g/mol. The van der Waals surface area contributed by atoms with E-state index in [0.29, 0.717) is 5.56 Å². The molecule has 0 bridgehead atoms. The minimum atomic E-state index is 0.0375. The molecule has 3 rings (SSSR count). The molecule has 1 aromatic carbocycles. The fraction of sp³-hybridized carbons (Fsp3) is 0. The number of rotatable bonds is 2. The maximum Gasteiger partial charge on any atom is 0.196 e. The molecule has 0 aliphatic rings. The zero-order valence-electron chi connectivity index (χ0n) is 8.96. The Bertz CT molecular complexity index is 668. The predicted octanol–water partition coefficient (Wildman–Crippen LogP) is 3.53. The highest BCUT2D eigenvalue weighted by atomic mass is 32.1. The topological polar surface area (TPSA) is 30.0 Å². The SMILES string of the molecule is O=C(c1ccsc1)c1cccc2cccnc12. The molecule has 2 aromatic heterocycles. The first-order valence-corrected chi connectivity index (χ1v) is 6.21. The van der Waals surface area contributed by atoms with Gasteiger partial charge in [0.25, 0.3) is 0 Å². The Morgan fingerprint density at radius 3 is 2.82 bits per heavy atom. The van der Waals surface area contributed by atoms with Crippen LogP contribution in [0.5, 0.6) is 0 Å². The van der Waals surface area contributed by atoms with Crippen LogP contribution in [-0.4, -0.2) is 10.8 Å². The number of hydrogen-bond acceptors (Lipinski definition) is 3. The lowest BCUT2D eigenvalue weighted by molar-refractivity contribution is 0.104. The van der Waals surface area contributed by atoms with Gasteiger partial charge in [-0.15, -0.1) is 0 Å². The number of benzene rings is 1. The molecular formula is C14H9NOS. The van der Waals surface area contributed by atoms with Gasteiger partial charge in [0, 0.05) is 28.1 Å². The van der Waals surface area contributed by atoms with Gasteiger partial charge in [-0.05, 0) is 23.6 Å². The van der Waals surface area contributed by atoms with E-state index in [2.05, 4.69) is 4.98 Å². The third-order valence-corrected chi connectivity index (χ3v) is 3.34. The number of pyridine rings is 1. The average Bonchev–Trinajstić information content (AvgIpc) is 2.91. The number of aromatic nitrogens is 1. The molecule has 0 amide bonds. The van der Waals surface area contributed by atoms with Gasteiger partial charge in [0.1, 0.15) is 0 Å². The molecule has 0 radical (unpaired) electrons. The molecule has 0 saturated carbocycles. The van der Waals surface area contributed by atoms with Crippen molar-refractivity contribution in [3.63, 3.8) is 0 Å². The first-order valence-electron chi connectivity index (χ1n) is 5.27. The molecule has 0 fully saturated rings. The Kier molecular flexibility index (Phi) is 2.46. The van der Waals surface area contributed by atoms with Gasteiger partial charge in [-0.25, -0.2) is 0 Å². The molecule has 0 saturated heterocycles. The standard InChI is InChI=1S/C14H9NOS/c16-14(11-6-8-17-9-11)12-5-1-3-10-4-2-7-15-13(10)12/h1-9H. The molecule has 0 spiro atoms. The van der Waals surface area contributed by atoms with Crippen molar-refractivity contribution in [2.24, 2.45) is 0 Å². The van der Waals surface area contributed by atoms with Crippen LogP contribution in [-0.2, 0) is 0 Å². The third kappa shape index (κ3) is 1.74. The highest BCUT2D eigenvalue weighted by Gasteiger charge is 2.12. The second-order valence-electron chi connectivity index (χ2n) is 3.72. The Labute approximate surface area is 103 Å². The van der Waals surface area contributed by atoms with Crippen molar-refractivity contribution < 1.29 is 4.79 Å². The van der Waals surface area contributed by atoms with Crippen LogP contribution in [0, 0.1) is 0 Å². The fourth-order valence-electron chi connectivity index (χ4n) is 1.84. The van der Waals surface area contributed by atoms with E-state index in [-0.39, 0.29) is 5.78 Å². The summed E-state index contributed by atoms with van der Waals surface area (Å²) in [5.74, 6) is 0.0375. The predicted molar refractivity (Wildman–Crippen MR) is 69.5 cm³/mol. The Balaban J connectivity index is 2.21. The van der Waals surface area contributed by atoms with Crippen molar-refractivity contribution >= 4 is 28.0 Å². The molecule has 0 aliphatic carbocycles. The van der Waals surface area contributed by atoms with Gasteiger partial charge < -0.3 is 0 Å². The van der Waals surface area contributed by atoms with E-state index in [4.69, 9.17) is 0 Å². The largest absolute Gasteiger partial charge is 0.288 e. The van der Waals surface area contributed by atoms with Crippen LogP contribution in [0.4, 0.5) is 0 Å². The summed E-state index contributed by atoms with van der Waals surface area (Å²) in [7, 11) is 0. The van der Waals surface area contributed by atoms with E-state index in [0.717, 1.165) is 16.5 Å². The Hall–Kier alpha value is -2.00. The lowest BCUT2D eigenvalue weighted by Crippen LogP contribution is -2.01. The fourth-order valence-corrected chi connectivity index (χ4v) is 2.47. The van der Waals surface area contributed by atoms with Crippen LogP contribution >= 0.6 is 11.3 Å². The first-order chi connectivity index (χ1) is 8.36. The number of nitrogens with zero attached hydrogens (tertiary/aromatic N) is 1. The van der Waals surface area contributed by atoms with Crippen molar-refractivity contribution in [2.75, 3.05) is 0 Å². The number of para-hydroxylation sites is 1. The lowest BCUT2D eigenvalue weighted by Gasteiger charge is -2.03. The molecular weight excluding hydrogens is 230 g/mol. The maximum atomic E-state index is 12.3. The molecule has 0 atom stereocenters. The van der Waals surface area contributed by atoms with Crippen molar-refractivity contribution in [1.82, 2.24) is 4.98 Å². The molecule has 2 heterocycles. The van der Waals surface area contributed by atoms with Gasteiger partial charge >= 0.3 is 0 Å². The summed E-state index contributed by atoms with van der Waals surface area (Å²) in [6, 6.07) is 11.4. The van der Waals surface area contributed by atoms with Crippen LogP contribution in [0.25, 0.3) is 10.9 Å². The second kappa shape index (κ2) is 4.11. The molecule has 17 heavy (non-hydrogen) atoms. The number of hydrogen-bond donors (Lipinski definition) is 0. The smallest absolute Gasteiger partial charge is 0.196 e. The zero-order chi connectivity index (χ0) is 11.7. The van der Waals surface area contributed by atoms with Gasteiger partial charge in [-0.3, -0.25) is 9.78 Å². The van der Waals surface area contributed by atoms with Crippen LogP contribution in [0.1, 0.15) is 15.9 Å². The van der Waals surface area contributed by atoms with Crippen molar-refractivity contribution in [2.45, 2.75) is 0 Å². The number of fused-ring (bicyclic) bond motifs is 1. The number of carbonyl (C=O) groups excluding carboxylic acids is 1. The first kappa shape index (κ1) is 10.2. The van der Waals surface area contributed by atoms with E-state index in [1.807, 2.05) is 47.2 Å². The minimum absolute atomic E-state index is 0.0375. The second-order valence-corrected chi connectivity index (χ2v) is 4.50. The minimum Gasteiger partial charge on any atom is -0.288 e. The number of thiophene rings is 1. The van der Waals surface area contributed by atoms with Crippen LogP contribution in [0.15, 0.2) is 53.4 Å². The quantitative estimate of drug-likeness (QED) is 0.640. The van der Waals surface area contributed by atoms with Crippen LogP contribution < -0.4 is 0 Å². The lowest BCUT2D eigenvalue weighted by atomic mass is 10.0. The van der Waals surface area contributed by atoms with Gasteiger partial charge in [-0.2, -0.15) is 11.3 Å². The van der Waals surface area contributed by atoms with Crippen LogP contribution in [0.2, 0.25) is 0 Å². The summed E-state index contributed by atoms with van der Waals surface area (Å²) in [6.45, 7) is 0. The van der Waals surface area contributed by atoms with E-state index in [9.17, 15) is 4.79 Å². The van der Waals surface area contributed by atoms with Crippen molar-refractivity contribution in [3.05, 3.63) is 64.5 Å². The summed E-state index contributed by atoms with van der Waals surface area (Å²) in [4.78, 5) is 16.6. The summed E-state index contributed by atoms with van der Waals surface area (Å²) in [5.41, 5.74) is 2.17. The summed E-state index contributed by atoms with van der Waals surface area (Å²) >= 11 is 1.53. The Morgan fingerprint density at radius 1 is 1.12 bits per heavy atom. The van der Waals surface area contributed by atoms with Gasteiger partial charge in [0.15, 0.2) is 5.78 Å². The molecule has 0 N–H and O–H groups in total. The monoisotopic (exact) mass is 239 g/mol. The van der Waals surface area contributed by atoms with Gasteiger partial charge in [0.2, 0.25) is 0 Å². The molecule has 82 valence electrons. The van der Waals surface area contributed by atoms with E-state index >= 15 is 0 Å². The molecule has 3 aromatic rings. The number of ketones is 1. The maximum absolute atomic E-state index is 12.3. The summed E-state index contributed by atoms with van der Waals surface area (Å²) in [6.07, 6.45) is 1.72.